The number of thiocarbonyl (C=S) groups is 1. The van der Waals surface area contributed by atoms with Crippen LogP contribution in [0.15, 0.2) is 36.4 Å². The molecule has 4 heteroatoms. The van der Waals surface area contributed by atoms with Crippen LogP contribution >= 0.6 is 12.2 Å². The molecule has 0 saturated heterocycles. The summed E-state index contributed by atoms with van der Waals surface area (Å²) in [6.07, 6.45) is 0. The molecule has 2 aromatic rings. The smallest absolute Gasteiger partial charge is 0.125 e. The van der Waals surface area contributed by atoms with Crippen molar-refractivity contribution in [1.29, 1.82) is 0 Å². The number of phenols is 1. The van der Waals surface area contributed by atoms with Crippen molar-refractivity contribution < 1.29 is 9.84 Å². The van der Waals surface area contributed by atoms with E-state index in [1.54, 1.807) is 18.2 Å². The molecule has 2 aromatic carbocycles. The molecule has 0 atom stereocenters. The van der Waals surface area contributed by atoms with Crippen molar-refractivity contribution in [3.8, 4) is 11.5 Å². The van der Waals surface area contributed by atoms with Crippen LogP contribution in [0.3, 0.4) is 0 Å². The molecule has 0 heterocycles. The lowest BCUT2D eigenvalue weighted by Gasteiger charge is -2.14. The average Bonchev–Trinajstić information content (AvgIpc) is 2.37. The van der Waals surface area contributed by atoms with E-state index in [0.29, 0.717) is 11.6 Å². The Morgan fingerprint density at radius 2 is 1.85 bits per heavy atom. The maximum Gasteiger partial charge on any atom is 0.125 e. The Morgan fingerprint density at radius 1 is 1.20 bits per heavy atom. The fourth-order valence-corrected chi connectivity index (χ4v) is 2.24. The second kappa shape index (κ2) is 5.92. The first-order chi connectivity index (χ1) is 9.47. The molecular formula is C16H17NO2S. The van der Waals surface area contributed by atoms with Gasteiger partial charge in [0.05, 0.1) is 0 Å². The topological polar surface area (TPSA) is 55.5 Å². The van der Waals surface area contributed by atoms with Gasteiger partial charge in [0.15, 0.2) is 0 Å². The number of hydrogen-bond donors (Lipinski definition) is 2. The highest BCUT2D eigenvalue weighted by Crippen LogP contribution is 2.26. The normalized spacial score (nSPS) is 10.3. The molecule has 0 bridgehead atoms. The maximum atomic E-state index is 9.43. The van der Waals surface area contributed by atoms with Gasteiger partial charge in [-0.3, -0.25) is 0 Å². The van der Waals surface area contributed by atoms with Gasteiger partial charge in [-0.1, -0.05) is 24.4 Å². The highest BCUT2D eigenvalue weighted by Gasteiger charge is 2.08. The SMILES string of the molecule is Cc1cc(C(N)=S)cc(C)c1OCc1cccc(O)c1. The first-order valence-electron chi connectivity index (χ1n) is 6.29. The van der Waals surface area contributed by atoms with Gasteiger partial charge in [0.2, 0.25) is 0 Å². The highest BCUT2D eigenvalue weighted by atomic mass is 32.1. The van der Waals surface area contributed by atoms with Crippen molar-refractivity contribution >= 4 is 17.2 Å². The Morgan fingerprint density at radius 3 is 2.40 bits per heavy atom. The fraction of sp³-hybridized carbons (Fsp3) is 0.188. The van der Waals surface area contributed by atoms with Gasteiger partial charge in [-0.2, -0.15) is 0 Å². The molecule has 0 unspecified atom stereocenters. The summed E-state index contributed by atoms with van der Waals surface area (Å²) < 4.78 is 5.85. The Hall–Kier alpha value is -2.07. The average molecular weight is 287 g/mol. The molecule has 0 radical (unpaired) electrons. The lowest BCUT2D eigenvalue weighted by atomic mass is 10.1. The standard InChI is InChI=1S/C16H17NO2S/c1-10-6-13(16(17)20)7-11(2)15(10)19-9-12-4-3-5-14(18)8-12/h3-8,18H,9H2,1-2H3,(H2,17,20). The second-order valence-corrected chi connectivity index (χ2v) is 5.20. The number of nitrogens with two attached hydrogens (primary N) is 1. The van der Waals surface area contributed by atoms with Crippen molar-refractivity contribution in [2.45, 2.75) is 20.5 Å². The van der Waals surface area contributed by atoms with E-state index in [0.717, 1.165) is 28.0 Å². The zero-order valence-electron chi connectivity index (χ0n) is 11.5. The summed E-state index contributed by atoms with van der Waals surface area (Å²) in [6.45, 7) is 4.33. The highest BCUT2D eigenvalue weighted by molar-refractivity contribution is 7.80. The molecule has 0 saturated carbocycles. The van der Waals surface area contributed by atoms with E-state index in [1.807, 2.05) is 32.0 Å². The van der Waals surface area contributed by atoms with Crippen LogP contribution in [0.5, 0.6) is 11.5 Å². The van der Waals surface area contributed by atoms with Crippen LogP contribution in [-0.4, -0.2) is 10.1 Å². The number of aryl methyl sites for hydroxylation is 2. The maximum absolute atomic E-state index is 9.43. The second-order valence-electron chi connectivity index (χ2n) is 4.76. The van der Waals surface area contributed by atoms with E-state index in [1.165, 1.54) is 0 Å². The zero-order valence-corrected chi connectivity index (χ0v) is 12.3. The molecule has 3 N–H and O–H groups in total. The van der Waals surface area contributed by atoms with Crippen LogP contribution in [0, 0.1) is 13.8 Å². The molecule has 0 fully saturated rings. The van der Waals surface area contributed by atoms with Crippen molar-refractivity contribution in [3.05, 3.63) is 58.7 Å². The van der Waals surface area contributed by atoms with Crippen LogP contribution in [-0.2, 0) is 6.61 Å². The molecule has 0 aromatic heterocycles. The summed E-state index contributed by atoms with van der Waals surface area (Å²) in [5.74, 6) is 1.07. The summed E-state index contributed by atoms with van der Waals surface area (Å²) >= 11 is 4.99. The molecule has 0 aliphatic heterocycles. The molecule has 2 rings (SSSR count). The quantitative estimate of drug-likeness (QED) is 0.848. The molecular weight excluding hydrogens is 270 g/mol. The van der Waals surface area contributed by atoms with E-state index >= 15 is 0 Å². The van der Waals surface area contributed by atoms with E-state index in [9.17, 15) is 5.11 Å². The van der Waals surface area contributed by atoms with Gasteiger partial charge < -0.3 is 15.6 Å². The number of aromatic hydroxyl groups is 1. The summed E-state index contributed by atoms with van der Waals surface area (Å²) in [6, 6.07) is 10.9. The predicted octanol–water partition coefficient (Wildman–Crippen LogP) is 3.22. The van der Waals surface area contributed by atoms with Gasteiger partial charge in [-0.25, -0.2) is 0 Å². The monoisotopic (exact) mass is 287 g/mol. The molecule has 0 aliphatic carbocycles. The largest absolute Gasteiger partial charge is 0.508 e. The molecule has 0 spiro atoms. The number of ether oxygens (including phenoxy) is 1. The lowest BCUT2D eigenvalue weighted by molar-refractivity contribution is 0.301. The van der Waals surface area contributed by atoms with E-state index in [2.05, 4.69) is 0 Å². The van der Waals surface area contributed by atoms with Crippen LogP contribution < -0.4 is 10.5 Å². The first kappa shape index (κ1) is 14.3. The predicted molar refractivity (Wildman–Crippen MR) is 84.2 cm³/mol. The summed E-state index contributed by atoms with van der Waals surface area (Å²) in [5.41, 5.74) is 9.40. The fourth-order valence-electron chi connectivity index (χ4n) is 2.12. The van der Waals surface area contributed by atoms with Crippen LogP contribution in [0.4, 0.5) is 0 Å². The zero-order chi connectivity index (χ0) is 14.7. The van der Waals surface area contributed by atoms with E-state index < -0.39 is 0 Å². The van der Waals surface area contributed by atoms with E-state index in [-0.39, 0.29) is 5.75 Å². The van der Waals surface area contributed by atoms with Crippen molar-refractivity contribution in [2.75, 3.05) is 0 Å². The van der Waals surface area contributed by atoms with Crippen LogP contribution in [0.2, 0.25) is 0 Å². The Bertz CT molecular complexity index is 630. The third kappa shape index (κ3) is 3.27. The number of rotatable bonds is 4. The molecule has 20 heavy (non-hydrogen) atoms. The third-order valence-electron chi connectivity index (χ3n) is 3.04. The number of phenolic OH excluding ortho intramolecular Hbond substituents is 1. The van der Waals surface area contributed by atoms with Crippen LogP contribution in [0.1, 0.15) is 22.3 Å². The Labute approximate surface area is 124 Å². The van der Waals surface area contributed by atoms with Crippen molar-refractivity contribution in [1.82, 2.24) is 0 Å². The molecule has 104 valence electrons. The third-order valence-corrected chi connectivity index (χ3v) is 3.27. The van der Waals surface area contributed by atoms with Gasteiger partial charge in [-0.05, 0) is 54.8 Å². The lowest BCUT2D eigenvalue weighted by Crippen LogP contribution is -2.10. The minimum Gasteiger partial charge on any atom is -0.508 e. The van der Waals surface area contributed by atoms with Gasteiger partial charge in [0.1, 0.15) is 23.1 Å². The Balaban J connectivity index is 2.20. The number of benzene rings is 2. The Kier molecular flexibility index (Phi) is 4.25. The molecule has 3 nitrogen and oxygen atoms in total. The van der Waals surface area contributed by atoms with Gasteiger partial charge in [0.25, 0.3) is 0 Å². The van der Waals surface area contributed by atoms with Gasteiger partial charge in [0, 0.05) is 5.56 Å². The van der Waals surface area contributed by atoms with Crippen molar-refractivity contribution in [2.24, 2.45) is 5.73 Å². The van der Waals surface area contributed by atoms with Gasteiger partial charge >= 0.3 is 0 Å². The molecule has 0 aliphatic rings. The summed E-state index contributed by atoms with van der Waals surface area (Å²) in [5, 5.41) is 9.43. The molecule has 0 amide bonds. The number of hydrogen-bond acceptors (Lipinski definition) is 3. The van der Waals surface area contributed by atoms with E-state index in [4.69, 9.17) is 22.7 Å². The van der Waals surface area contributed by atoms with Crippen LogP contribution in [0.25, 0.3) is 0 Å². The first-order valence-corrected chi connectivity index (χ1v) is 6.70. The minimum atomic E-state index is 0.239. The van der Waals surface area contributed by atoms with Crippen molar-refractivity contribution in [3.63, 3.8) is 0 Å². The summed E-state index contributed by atoms with van der Waals surface area (Å²) in [4.78, 5) is 0.385. The minimum absolute atomic E-state index is 0.239. The summed E-state index contributed by atoms with van der Waals surface area (Å²) in [7, 11) is 0. The van der Waals surface area contributed by atoms with Gasteiger partial charge in [-0.15, -0.1) is 0 Å².